The summed E-state index contributed by atoms with van der Waals surface area (Å²) in [6, 6.07) is 0. The summed E-state index contributed by atoms with van der Waals surface area (Å²) >= 11 is 0. The highest BCUT2D eigenvalue weighted by Crippen LogP contribution is 2.19. The standard InChI is InChI=1S/C16H30N4/c1-7-8-20(6)15-11-18-16(13(4)5)19-14(15)10-17-9-12(2)3/h11-13,17H,7-10H2,1-6H3. The molecule has 1 rings (SSSR count). The average molecular weight is 278 g/mol. The van der Waals surface area contributed by atoms with Gasteiger partial charge in [-0.25, -0.2) is 9.97 Å². The summed E-state index contributed by atoms with van der Waals surface area (Å²) in [6.07, 6.45) is 3.10. The van der Waals surface area contributed by atoms with Crippen molar-refractivity contribution in [2.75, 3.05) is 25.0 Å². The normalized spacial score (nSPS) is 11.4. The van der Waals surface area contributed by atoms with Crippen LogP contribution in [0.1, 0.15) is 58.5 Å². The Bertz CT molecular complexity index is 401. The highest BCUT2D eigenvalue weighted by atomic mass is 15.1. The summed E-state index contributed by atoms with van der Waals surface area (Å²) in [7, 11) is 2.11. The number of nitrogens with zero attached hydrogens (tertiary/aromatic N) is 3. The van der Waals surface area contributed by atoms with Crippen molar-refractivity contribution in [3.63, 3.8) is 0 Å². The van der Waals surface area contributed by atoms with Gasteiger partial charge in [0.1, 0.15) is 5.82 Å². The molecule has 0 aromatic carbocycles. The van der Waals surface area contributed by atoms with Gasteiger partial charge in [-0.2, -0.15) is 0 Å². The Balaban J connectivity index is 2.91. The third kappa shape index (κ3) is 5.08. The maximum atomic E-state index is 4.76. The van der Waals surface area contributed by atoms with Gasteiger partial charge in [0.25, 0.3) is 0 Å². The van der Waals surface area contributed by atoms with Crippen molar-refractivity contribution in [1.29, 1.82) is 0 Å². The van der Waals surface area contributed by atoms with Crippen molar-refractivity contribution in [2.45, 2.75) is 53.5 Å². The van der Waals surface area contributed by atoms with E-state index in [0.717, 1.165) is 43.3 Å². The topological polar surface area (TPSA) is 41.1 Å². The molecule has 0 saturated heterocycles. The zero-order chi connectivity index (χ0) is 15.1. The van der Waals surface area contributed by atoms with Gasteiger partial charge in [-0.3, -0.25) is 0 Å². The van der Waals surface area contributed by atoms with Crippen molar-refractivity contribution in [3.05, 3.63) is 17.7 Å². The number of nitrogens with one attached hydrogen (secondary N) is 1. The Morgan fingerprint density at radius 2 is 1.95 bits per heavy atom. The highest BCUT2D eigenvalue weighted by molar-refractivity contribution is 5.48. The van der Waals surface area contributed by atoms with E-state index in [0.29, 0.717) is 11.8 Å². The smallest absolute Gasteiger partial charge is 0.131 e. The van der Waals surface area contributed by atoms with Gasteiger partial charge in [0, 0.05) is 26.1 Å². The first-order valence-corrected chi connectivity index (χ1v) is 7.73. The van der Waals surface area contributed by atoms with Crippen LogP contribution in [0.2, 0.25) is 0 Å². The molecule has 0 atom stereocenters. The van der Waals surface area contributed by atoms with Gasteiger partial charge >= 0.3 is 0 Å². The Kier molecular flexibility index (Phi) is 6.93. The van der Waals surface area contributed by atoms with Gasteiger partial charge in [0.15, 0.2) is 0 Å². The SMILES string of the molecule is CCCN(C)c1cnc(C(C)C)nc1CNCC(C)C. The lowest BCUT2D eigenvalue weighted by Crippen LogP contribution is -2.25. The third-order valence-electron chi connectivity index (χ3n) is 3.20. The van der Waals surface area contributed by atoms with E-state index >= 15 is 0 Å². The fraction of sp³-hybridized carbons (Fsp3) is 0.750. The molecule has 1 heterocycles. The Morgan fingerprint density at radius 3 is 2.50 bits per heavy atom. The molecule has 0 bridgehead atoms. The second-order valence-electron chi connectivity index (χ2n) is 6.16. The molecular formula is C16H30N4. The second-order valence-corrected chi connectivity index (χ2v) is 6.16. The highest BCUT2D eigenvalue weighted by Gasteiger charge is 2.12. The van der Waals surface area contributed by atoms with E-state index in [4.69, 9.17) is 4.98 Å². The van der Waals surface area contributed by atoms with Crippen molar-refractivity contribution < 1.29 is 0 Å². The number of anilines is 1. The summed E-state index contributed by atoms with van der Waals surface area (Å²) in [4.78, 5) is 11.5. The molecule has 1 aromatic heterocycles. The molecule has 0 saturated carbocycles. The van der Waals surface area contributed by atoms with Gasteiger partial charge in [-0.05, 0) is 18.9 Å². The quantitative estimate of drug-likeness (QED) is 0.793. The summed E-state index contributed by atoms with van der Waals surface area (Å²) in [5.74, 6) is 1.95. The van der Waals surface area contributed by atoms with Gasteiger partial charge in [0.05, 0.1) is 17.6 Å². The summed E-state index contributed by atoms with van der Waals surface area (Å²) < 4.78 is 0. The fourth-order valence-corrected chi connectivity index (χ4v) is 2.09. The van der Waals surface area contributed by atoms with Gasteiger partial charge in [-0.1, -0.05) is 34.6 Å². The lowest BCUT2D eigenvalue weighted by Gasteiger charge is -2.22. The maximum Gasteiger partial charge on any atom is 0.131 e. The minimum atomic E-state index is 0.365. The molecule has 0 aliphatic heterocycles. The molecule has 1 aromatic rings. The third-order valence-corrected chi connectivity index (χ3v) is 3.20. The largest absolute Gasteiger partial charge is 0.372 e. The molecule has 0 aliphatic carbocycles. The first-order chi connectivity index (χ1) is 9.45. The average Bonchev–Trinajstić information content (AvgIpc) is 2.38. The van der Waals surface area contributed by atoms with Crippen molar-refractivity contribution in [1.82, 2.24) is 15.3 Å². The minimum Gasteiger partial charge on any atom is -0.372 e. The maximum absolute atomic E-state index is 4.76. The first-order valence-electron chi connectivity index (χ1n) is 7.73. The molecule has 4 heteroatoms. The van der Waals surface area contributed by atoms with Gasteiger partial charge in [-0.15, -0.1) is 0 Å². The van der Waals surface area contributed by atoms with E-state index in [9.17, 15) is 0 Å². The monoisotopic (exact) mass is 278 g/mol. The fourth-order valence-electron chi connectivity index (χ4n) is 2.09. The zero-order valence-electron chi connectivity index (χ0n) is 13.9. The van der Waals surface area contributed by atoms with Crippen LogP contribution >= 0.6 is 0 Å². The predicted octanol–water partition coefficient (Wildman–Crippen LogP) is 3.19. The molecule has 20 heavy (non-hydrogen) atoms. The van der Waals surface area contributed by atoms with Crippen LogP contribution in [-0.2, 0) is 6.54 Å². The van der Waals surface area contributed by atoms with E-state index in [1.165, 1.54) is 0 Å². The van der Waals surface area contributed by atoms with E-state index in [1.807, 2.05) is 6.20 Å². The molecular weight excluding hydrogens is 248 g/mol. The summed E-state index contributed by atoms with van der Waals surface area (Å²) in [6.45, 7) is 13.7. The molecule has 0 aliphatic rings. The minimum absolute atomic E-state index is 0.365. The lowest BCUT2D eigenvalue weighted by molar-refractivity contribution is 0.545. The van der Waals surface area contributed by atoms with Crippen molar-refractivity contribution >= 4 is 5.69 Å². The number of hydrogen-bond acceptors (Lipinski definition) is 4. The number of rotatable bonds is 8. The van der Waals surface area contributed by atoms with E-state index in [2.05, 4.69) is 56.9 Å². The molecule has 0 radical (unpaired) electrons. The van der Waals surface area contributed by atoms with Crippen LogP contribution in [0.4, 0.5) is 5.69 Å². The van der Waals surface area contributed by atoms with Crippen LogP contribution in [0.25, 0.3) is 0 Å². The Labute approximate surface area is 124 Å². The van der Waals surface area contributed by atoms with Crippen LogP contribution in [0.5, 0.6) is 0 Å². The van der Waals surface area contributed by atoms with Crippen LogP contribution in [0, 0.1) is 5.92 Å². The van der Waals surface area contributed by atoms with Gasteiger partial charge in [0.2, 0.25) is 0 Å². The molecule has 4 nitrogen and oxygen atoms in total. The first kappa shape index (κ1) is 16.9. The number of hydrogen-bond donors (Lipinski definition) is 1. The van der Waals surface area contributed by atoms with Gasteiger partial charge < -0.3 is 10.2 Å². The molecule has 1 N–H and O–H groups in total. The predicted molar refractivity (Wildman–Crippen MR) is 86.2 cm³/mol. The van der Waals surface area contributed by atoms with Crippen molar-refractivity contribution in [2.24, 2.45) is 5.92 Å². The Hall–Kier alpha value is -1.16. The second kappa shape index (κ2) is 8.20. The zero-order valence-corrected chi connectivity index (χ0v) is 13.9. The summed E-state index contributed by atoms with van der Waals surface area (Å²) in [5.41, 5.74) is 2.26. The van der Waals surface area contributed by atoms with E-state index in [1.54, 1.807) is 0 Å². The molecule has 114 valence electrons. The lowest BCUT2D eigenvalue weighted by atomic mass is 10.2. The molecule has 0 fully saturated rings. The van der Waals surface area contributed by atoms with Crippen LogP contribution in [0.15, 0.2) is 6.20 Å². The van der Waals surface area contributed by atoms with Crippen molar-refractivity contribution in [3.8, 4) is 0 Å². The Morgan fingerprint density at radius 1 is 1.25 bits per heavy atom. The molecule has 0 spiro atoms. The van der Waals surface area contributed by atoms with E-state index in [-0.39, 0.29) is 0 Å². The van der Waals surface area contributed by atoms with Crippen LogP contribution in [-0.4, -0.2) is 30.1 Å². The number of aromatic nitrogens is 2. The molecule has 0 unspecified atom stereocenters. The summed E-state index contributed by atoms with van der Waals surface area (Å²) in [5, 5.41) is 3.49. The van der Waals surface area contributed by atoms with E-state index < -0.39 is 0 Å². The van der Waals surface area contributed by atoms with Crippen LogP contribution < -0.4 is 10.2 Å². The molecule has 0 amide bonds. The van der Waals surface area contributed by atoms with Crippen LogP contribution in [0.3, 0.4) is 0 Å².